The summed E-state index contributed by atoms with van der Waals surface area (Å²) in [6.45, 7) is 3.45. The van der Waals surface area contributed by atoms with Gasteiger partial charge < -0.3 is 10.6 Å². The maximum atomic E-state index is 4.52. The molecule has 2 rings (SSSR count). The first-order valence-corrected chi connectivity index (χ1v) is 6.32. The molecule has 0 atom stereocenters. The minimum atomic E-state index is 0.460. The van der Waals surface area contributed by atoms with Gasteiger partial charge in [0.1, 0.15) is 18.7 Å². The van der Waals surface area contributed by atoms with E-state index in [4.69, 9.17) is 0 Å². The summed E-state index contributed by atoms with van der Waals surface area (Å²) in [4.78, 5) is 8.68. The van der Waals surface area contributed by atoms with E-state index < -0.39 is 0 Å². The van der Waals surface area contributed by atoms with Gasteiger partial charge in [-0.3, -0.25) is 4.68 Å². The Morgan fingerprint density at radius 3 is 2.89 bits per heavy atom. The fourth-order valence-corrected chi connectivity index (χ4v) is 1.86. The summed E-state index contributed by atoms with van der Waals surface area (Å²) in [6, 6.07) is 0.460. The van der Waals surface area contributed by atoms with E-state index >= 15 is 0 Å². The van der Waals surface area contributed by atoms with Gasteiger partial charge in [0.25, 0.3) is 0 Å². The molecule has 1 aliphatic carbocycles. The molecule has 1 aliphatic rings. The van der Waals surface area contributed by atoms with Crippen molar-refractivity contribution in [3.05, 3.63) is 24.3 Å². The highest BCUT2D eigenvalue weighted by Gasteiger charge is 2.11. The monoisotopic (exact) mass is 248 g/mol. The average Bonchev–Trinajstić information content (AvgIpc) is 2.98. The predicted molar refractivity (Wildman–Crippen MR) is 71.1 cm³/mol. The molecule has 0 unspecified atom stereocenters. The standard InChI is InChI=1S/C12H20N6/c1-3-13-12(17-10-6-4-5-7-10)14-8-11-15-9-16-18(11)2/h4-5,9-10H,3,6-8H2,1-2H3,(H2,13,14,17). The quantitative estimate of drug-likeness (QED) is 0.465. The van der Waals surface area contributed by atoms with Crippen LogP contribution in [0.2, 0.25) is 0 Å². The van der Waals surface area contributed by atoms with Crippen LogP contribution in [0.15, 0.2) is 23.5 Å². The smallest absolute Gasteiger partial charge is 0.191 e. The molecule has 0 fully saturated rings. The zero-order chi connectivity index (χ0) is 12.8. The number of hydrogen-bond acceptors (Lipinski definition) is 3. The summed E-state index contributed by atoms with van der Waals surface area (Å²) in [5.41, 5.74) is 0. The Morgan fingerprint density at radius 2 is 2.28 bits per heavy atom. The van der Waals surface area contributed by atoms with Gasteiger partial charge in [-0.15, -0.1) is 0 Å². The minimum Gasteiger partial charge on any atom is -0.357 e. The number of nitrogens with zero attached hydrogens (tertiary/aromatic N) is 4. The maximum Gasteiger partial charge on any atom is 0.191 e. The van der Waals surface area contributed by atoms with Crippen LogP contribution >= 0.6 is 0 Å². The lowest BCUT2D eigenvalue weighted by Gasteiger charge is -2.16. The largest absolute Gasteiger partial charge is 0.357 e. The van der Waals surface area contributed by atoms with Crippen LogP contribution < -0.4 is 10.6 Å². The second kappa shape index (κ2) is 6.18. The molecule has 1 heterocycles. The first kappa shape index (κ1) is 12.6. The van der Waals surface area contributed by atoms with Crippen LogP contribution in [-0.4, -0.2) is 33.3 Å². The third-order valence-corrected chi connectivity index (χ3v) is 2.88. The zero-order valence-corrected chi connectivity index (χ0v) is 10.9. The molecule has 18 heavy (non-hydrogen) atoms. The molecule has 1 aromatic heterocycles. The maximum absolute atomic E-state index is 4.52. The topological polar surface area (TPSA) is 67.1 Å². The molecule has 0 amide bonds. The molecule has 0 aromatic carbocycles. The van der Waals surface area contributed by atoms with E-state index in [-0.39, 0.29) is 0 Å². The summed E-state index contributed by atoms with van der Waals surface area (Å²) in [7, 11) is 1.87. The van der Waals surface area contributed by atoms with Crippen molar-refractivity contribution in [1.29, 1.82) is 0 Å². The molecule has 0 spiro atoms. The van der Waals surface area contributed by atoms with Gasteiger partial charge >= 0.3 is 0 Å². The molecule has 0 radical (unpaired) electrons. The lowest BCUT2D eigenvalue weighted by Crippen LogP contribution is -2.42. The Hall–Kier alpha value is -1.85. The number of aromatic nitrogens is 3. The summed E-state index contributed by atoms with van der Waals surface area (Å²) in [5, 5.41) is 10.7. The zero-order valence-electron chi connectivity index (χ0n) is 10.9. The van der Waals surface area contributed by atoms with Gasteiger partial charge in [-0.05, 0) is 19.8 Å². The van der Waals surface area contributed by atoms with Crippen LogP contribution in [0, 0.1) is 0 Å². The van der Waals surface area contributed by atoms with Gasteiger partial charge in [-0.25, -0.2) is 9.98 Å². The third-order valence-electron chi connectivity index (χ3n) is 2.88. The van der Waals surface area contributed by atoms with Crippen LogP contribution in [0.3, 0.4) is 0 Å². The Bertz CT molecular complexity index is 426. The highest BCUT2D eigenvalue weighted by Crippen LogP contribution is 2.08. The second-order valence-corrected chi connectivity index (χ2v) is 4.28. The highest BCUT2D eigenvalue weighted by atomic mass is 15.3. The SMILES string of the molecule is CCNC(=NCc1ncnn1C)NC1CC=CC1. The molecule has 6 nitrogen and oxygen atoms in total. The summed E-state index contributed by atoms with van der Waals surface area (Å²) in [6.07, 6.45) is 8.07. The molecule has 1 aromatic rings. The molecule has 98 valence electrons. The molecule has 0 aliphatic heterocycles. The molecule has 2 N–H and O–H groups in total. The molecule has 6 heteroatoms. The summed E-state index contributed by atoms with van der Waals surface area (Å²) >= 11 is 0. The van der Waals surface area contributed by atoms with Gasteiger partial charge in [-0.1, -0.05) is 12.2 Å². The van der Waals surface area contributed by atoms with Crippen molar-refractivity contribution < 1.29 is 0 Å². The number of hydrogen-bond donors (Lipinski definition) is 2. The van der Waals surface area contributed by atoms with E-state index in [1.165, 1.54) is 0 Å². The number of guanidine groups is 1. The number of rotatable bonds is 4. The molecular weight excluding hydrogens is 228 g/mol. The Kier molecular flexibility index (Phi) is 4.33. The lowest BCUT2D eigenvalue weighted by atomic mass is 10.2. The van der Waals surface area contributed by atoms with Crippen LogP contribution in [-0.2, 0) is 13.6 Å². The van der Waals surface area contributed by atoms with Gasteiger partial charge in [-0.2, -0.15) is 5.10 Å². The van der Waals surface area contributed by atoms with Crippen LogP contribution in [0.25, 0.3) is 0 Å². The average molecular weight is 248 g/mol. The van der Waals surface area contributed by atoms with Crippen molar-refractivity contribution in [1.82, 2.24) is 25.4 Å². The molecule has 0 saturated carbocycles. The van der Waals surface area contributed by atoms with E-state index in [0.29, 0.717) is 12.6 Å². The van der Waals surface area contributed by atoms with E-state index in [1.54, 1.807) is 11.0 Å². The number of nitrogens with one attached hydrogen (secondary N) is 2. The Labute approximate surface area is 107 Å². The van der Waals surface area contributed by atoms with Crippen LogP contribution in [0.5, 0.6) is 0 Å². The van der Waals surface area contributed by atoms with Gasteiger partial charge in [0, 0.05) is 19.6 Å². The van der Waals surface area contributed by atoms with Crippen molar-refractivity contribution >= 4 is 5.96 Å². The van der Waals surface area contributed by atoms with Crippen molar-refractivity contribution in [3.8, 4) is 0 Å². The van der Waals surface area contributed by atoms with Crippen LogP contribution in [0.1, 0.15) is 25.6 Å². The minimum absolute atomic E-state index is 0.460. The first-order valence-electron chi connectivity index (χ1n) is 6.32. The van der Waals surface area contributed by atoms with Crippen molar-refractivity contribution in [2.75, 3.05) is 6.54 Å². The van der Waals surface area contributed by atoms with E-state index in [0.717, 1.165) is 31.2 Å². The Morgan fingerprint density at radius 1 is 1.50 bits per heavy atom. The van der Waals surface area contributed by atoms with Crippen molar-refractivity contribution in [2.24, 2.45) is 12.0 Å². The van der Waals surface area contributed by atoms with Crippen molar-refractivity contribution in [3.63, 3.8) is 0 Å². The number of aliphatic imine (C=N–C) groups is 1. The van der Waals surface area contributed by atoms with Gasteiger partial charge in [0.15, 0.2) is 5.96 Å². The van der Waals surface area contributed by atoms with Gasteiger partial charge in [0.05, 0.1) is 0 Å². The normalized spacial score (nSPS) is 16.2. The van der Waals surface area contributed by atoms with Crippen LogP contribution in [0.4, 0.5) is 0 Å². The predicted octanol–water partition coefficient (Wildman–Crippen LogP) is 0.589. The first-order chi connectivity index (χ1) is 8.79. The van der Waals surface area contributed by atoms with E-state index in [9.17, 15) is 0 Å². The van der Waals surface area contributed by atoms with Gasteiger partial charge in [0.2, 0.25) is 0 Å². The highest BCUT2D eigenvalue weighted by molar-refractivity contribution is 5.80. The summed E-state index contributed by atoms with van der Waals surface area (Å²) in [5.74, 6) is 1.70. The fourth-order valence-electron chi connectivity index (χ4n) is 1.86. The molecule has 0 bridgehead atoms. The number of aryl methyl sites for hydroxylation is 1. The lowest BCUT2D eigenvalue weighted by molar-refractivity contribution is 0.630. The van der Waals surface area contributed by atoms with E-state index in [2.05, 4.69) is 44.8 Å². The second-order valence-electron chi connectivity index (χ2n) is 4.28. The Balaban J connectivity index is 1.93. The summed E-state index contributed by atoms with van der Waals surface area (Å²) < 4.78 is 1.74. The fraction of sp³-hybridized carbons (Fsp3) is 0.583. The molecule has 0 saturated heterocycles. The van der Waals surface area contributed by atoms with Crippen molar-refractivity contribution in [2.45, 2.75) is 32.4 Å². The van der Waals surface area contributed by atoms with E-state index in [1.807, 2.05) is 7.05 Å². The third kappa shape index (κ3) is 3.32. The molecular formula is C12H20N6.